The van der Waals surface area contributed by atoms with E-state index in [0.29, 0.717) is 30.1 Å². The Morgan fingerprint density at radius 1 is 1.20 bits per heavy atom. The second-order valence-corrected chi connectivity index (χ2v) is 8.39. The molecule has 2 heterocycles. The minimum Gasteiger partial charge on any atom is -0.352 e. The molecule has 6 nitrogen and oxygen atoms in total. The minimum absolute atomic E-state index is 0. The molecule has 0 saturated carbocycles. The number of halogens is 1. The number of rotatable bonds is 5. The number of benzene rings is 1. The molecule has 0 aliphatic carbocycles. The molecular formula is C17H26ClN3O3S. The Morgan fingerprint density at radius 3 is 2.60 bits per heavy atom. The first kappa shape index (κ1) is 20.2. The Morgan fingerprint density at radius 2 is 1.92 bits per heavy atom. The first-order chi connectivity index (χ1) is 11.6. The maximum absolute atomic E-state index is 12.9. The van der Waals surface area contributed by atoms with Crippen LogP contribution in [0.4, 0.5) is 0 Å². The largest absolute Gasteiger partial charge is 0.352 e. The van der Waals surface area contributed by atoms with Crippen LogP contribution >= 0.6 is 12.4 Å². The van der Waals surface area contributed by atoms with Gasteiger partial charge in [-0.2, -0.15) is 4.31 Å². The standard InChI is InChI=1S/C17H25N3O3S.ClH/c21-17(15-8-9-18-12-15)19-13-14-6-2-3-7-16(14)24(22,23)20-10-4-1-5-11-20;/h2-3,6-7,15,18H,1,4-5,8-13H2,(H,19,21);1H. The monoisotopic (exact) mass is 387 g/mol. The molecule has 0 spiro atoms. The van der Waals surface area contributed by atoms with Crippen LogP contribution in [0, 0.1) is 5.92 Å². The van der Waals surface area contributed by atoms with Crippen LogP contribution in [0.5, 0.6) is 0 Å². The van der Waals surface area contributed by atoms with E-state index in [1.54, 1.807) is 22.5 Å². The van der Waals surface area contributed by atoms with E-state index >= 15 is 0 Å². The lowest BCUT2D eigenvalue weighted by molar-refractivity contribution is -0.124. The van der Waals surface area contributed by atoms with Crippen LogP contribution in [0.1, 0.15) is 31.2 Å². The predicted molar refractivity (Wildman–Crippen MR) is 99.1 cm³/mol. The van der Waals surface area contributed by atoms with Crippen molar-refractivity contribution >= 4 is 28.3 Å². The number of piperidine rings is 1. The molecular weight excluding hydrogens is 362 g/mol. The zero-order chi connectivity index (χ0) is 17.0. The maximum atomic E-state index is 12.9. The van der Waals surface area contributed by atoms with E-state index < -0.39 is 10.0 Å². The number of carbonyl (C=O) groups excluding carboxylic acids is 1. The smallest absolute Gasteiger partial charge is 0.243 e. The number of amides is 1. The number of carbonyl (C=O) groups is 1. The summed E-state index contributed by atoms with van der Waals surface area (Å²) in [4.78, 5) is 12.5. The molecule has 2 aliphatic heterocycles. The molecule has 140 valence electrons. The van der Waals surface area contributed by atoms with Crippen LogP contribution < -0.4 is 10.6 Å². The Bertz CT molecular complexity index is 684. The number of nitrogens with one attached hydrogen (secondary N) is 2. The minimum atomic E-state index is -3.49. The molecule has 0 aromatic heterocycles. The van der Waals surface area contributed by atoms with Crippen molar-refractivity contribution in [3.05, 3.63) is 29.8 Å². The van der Waals surface area contributed by atoms with Crippen LogP contribution in [0.2, 0.25) is 0 Å². The predicted octanol–water partition coefficient (Wildman–Crippen LogP) is 1.51. The van der Waals surface area contributed by atoms with E-state index in [4.69, 9.17) is 0 Å². The maximum Gasteiger partial charge on any atom is 0.243 e. The summed E-state index contributed by atoms with van der Waals surface area (Å²) < 4.78 is 27.4. The van der Waals surface area contributed by atoms with E-state index in [1.807, 2.05) is 6.07 Å². The molecule has 0 bridgehead atoms. The van der Waals surface area contributed by atoms with Crippen molar-refractivity contribution in [3.8, 4) is 0 Å². The second-order valence-electron chi connectivity index (χ2n) is 6.48. The molecule has 1 aromatic rings. The van der Waals surface area contributed by atoms with Crippen LogP contribution in [0.15, 0.2) is 29.2 Å². The lowest BCUT2D eigenvalue weighted by Crippen LogP contribution is -2.37. The van der Waals surface area contributed by atoms with Crippen molar-refractivity contribution < 1.29 is 13.2 Å². The first-order valence-corrected chi connectivity index (χ1v) is 10.1. The third kappa shape index (κ3) is 4.73. The highest BCUT2D eigenvalue weighted by Crippen LogP contribution is 2.23. The van der Waals surface area contributed by atoms with Crippen molar-refractivity contribution in [1.29, 1.82) is 0 Å². The summed E-state index contributed by atoms with van der Waals surface area (Å²) in [6.07, 6.45) is 3.73. The fourth-order valence-electron chi connectivity index (χ4n) is 3.35. The summed E-state index contributed by atoms with van der Waals surface area (Å²) in [5, 5.41) is 6.06. The molecule has 2 saturated heterocycles. The molecule has 1 amide bonds. The number of sulfonamides is 1. The van der Waals surface area contributed by atoms with Gasteiger partial charge in [0.1, 0.15) is 0 Å². The average molecular weight is 388 g/mol. The molecule has 0 radical (unpaired) electrons. The van der Waals surface area contributed by atoms with Crippen molar-refractivity contribution in [2.45, 2.75) is 37.1 Å². The third-order valence-corrected chi connectivity index (χ3v) is 6.79. The lowest BCUT2D eigenvalue weighted by atomic mass is 10.1. The second kappa shape index (κ2) is 8.98. The molecule has 2 N–H and O–H groups in total. The molecule has 1 aromatic carbocycles. The van der Waals surface area contributed by atoms with Crippen LogP contribution in [0.3, 0.4) is 0 Å². The van der Waals surface area contributed by atoms with Gasteiger partial charge in [0.15, 0.2) is 0 Å². The van der Waals surface area contributed by atoms with Gasteiger partial charge in [-0.05, 0) is 37.4 Å². The summed E-state index contributed by atoms with van der Waals surface area (Å²) in [6, 6.07) is 6.98. The summed E-state index contributed by atoms with van der Waals surface area (Å²) in [7, 11) is -3.49. The number of hydrogen-bond acceptors (Lipinski definition) is 4. The van der Waals surface area contributed by atoms with Crippen molar-refractivity contribution in [2.24, 2.45) is 5.92 Å². The molecule has 1 atom stereocenters. The highest BCUT2D eigenvalue weighted by molar-refractivity contribution is 7.89. The van der Waals surface area contributed by atoms with E-state index in [1.165, 1.54) is 0 Å². The van der Waals surface area contributed by atoms with Crippen LogP contribution in [-0.2, 0) is 21.4 Å². The summed E-state index contributed by atoms with van der Waals surface area (Å²) >= 11 is 0. The topological polar surface area (TPSA) is 78.5 Å². The Kier molecular flexibility index (Phi) is 7.25. The highest BCUT2D eigenvalue weighted by Gasteiger charge is 2.28. The normalized spacial score (nSPS) is 21.5. The molecule has 8 heteroatoms. The van der Waals surface area contributed by atoms with Gasteiger partial charge in [-0.1, -0.05) is 24.6 Å². The van der Waals surface area contributed by atoms with Gasteiger partial charge in [0.25, 0.3) is 0 Å². The van der Waals surface area contributed by atoms with E-state index in [2.05, 4.69) is 10.6 Å². The molecule has 25 heavy (non-hydrogen) atoms. The fraction of sp³-hybridized carbons (Fsp3) is 0.588. The quantitative estimate of drug-likeness (QED) is 0.802. The number of hydrogen-bond donors (Lipinski definition) is 2. The summed E-state index contributed by atoms with van der Waals surface area (Å²) in [5.74, 6) is -0.0268. The van der Waals surface area contributed by atoms with E-state index in [0.717, 1.165) is 32.2 Å². The van der Waals surface area contributed by atoms with Gasteiger partial charge >= 0.3 is 0 Å². The SMILES string of the molecule is Cl.O=C(NCc1ccccc1S(=O)(=O)N1CCCCC1)C1CCNC1. The van der Waals surface area contributed by atoms with Crippen molar-refractivity contribution in [3.63, 3.8) is 0 Å². The Balaban J connectivity index is 0.00000225. The van der Waals surface area contributed by atoms with Gasteiger partial charge < -0.3 is 10.6 Å². The first-order valence-electron chi connectivity index (χ1n) is 8.65. The number of nitrogens with zero attached hydrogens (tertiary/aromatic N) is 1. The third-order valence-electron chi connectivity index (χ3n) is 4.79. The van der Waals surface area contributed by atoms with Crippen molar-refractivity contribution in [1.82, 2.24) is 14.9 Å². The van der Waals surface area contributed by atoms with Gasteiger partial charge in [0.2, 0.25) is 15.9 Å². The average Bonchev–Trinajstić information content (AvgIpc) is 3.15. The van der Waals surface area contributed by atoms with E-state index in [-0.39, 0.29) is 30.8 Å². The molecule has 1 unspecified atom stereocenters. The molecule has 2 fully saturated rings. The van der Waals surface area contributed by atoms with Gasteiger partial charge in [-0.15, -0.1) is 12.4 Å². The highest BCUT2D eigenvalue weighted by atomic mass is 35.5. The van der Waals surface area contributed by atoms with Crippen LogP contribution in [-0.4, -0.2) is 44.8 Å². The van der Waals surface area contributed by atoms with Gasteiger partial charge in [0, 0.05) is 26.2 Å². The van der Waals surface area contributed by atoms with Gasteiger partial charge in [-0.25, -0.2) is 8.42 Å². The molecule has 3 rings (SSSR count). The van der Waals surface area contributed by atoms with Crippen LogP contribution in [0.25, 0.3) is 0 Å². The fourth-order valence-corrected chi connectivity index (χ4v) is 5.09. The van der Waals surface area contributed by atoms with E-state index in [9.17, 15) is 13.2 Å². The van der Waals surface area contributed by atoms with Gasteiger partial charge in [0.05, 0.1) is 10.8 Å². The van der Waals surface area contributed by atoms with Crippen molar-refractivity contribution in [2.75, 3.05) is 26.2 Å². The Hall–Kier alpha value is -1.15. The molecule has 2 aliphatic rings. The van der Waals surface area contributed by atoms with Gasteiger partial charge in [-0.3, -0.25) is 4.79 Å². The summed E-state index contributed by atoms with van der Waals surface area (Å²) in [6.45, 7) is 2.96. The zero-order valence-electron chi connectivity index (χ0n) is 14.2. The Labute approximate surface area is 155 Å². The lowest BCUT2D eigenvalue weighted by Gasteiger charge is -2.27. The zero-order valence-corrected chi connectivity index (χ0v) is 15.9. The summed E-state index contributed by atoms with van der Waals surface area (Å²) in [5.41, 5.74) is 0.655.